The molecule has 0 saturated carbocycles. The van der Waals surface area contributed by atoms with E-state index in [2.05, 4.69) is 9.82 Å². The molecule has 8 heteroatoms. The Morgan fingerprint density at radius 2 is 2.00 bits per heavy atom. The van der Waals surface area contributed by atoms with Crippen LogP contribution in [0.1, 0.15) is 47.1 Å². The number of rotatable bonds is 4. The van der Waals surface area contributed by atoms with Crippen LogP contribution in [0.15, 0.2) is 23.1 Å². The van der Waals surface area contributed by atoms with Gasteiger partial charge in [-0.25, -0.2) is 13.1 Å². The summed E-state index contributed by atoms with van der Waals surface area (Å²) >= 11 is 0. The monoisotopic (exact) mass is 388 g/mol. The van der Waals surface area contributed by atoms with Gasteiger partial charge in [0.15, 0.2) is 0 Å². The summed E-state index contributed by atoms with van der Waals surface area (Å²) in [7, 11) is -2.09. The number of sulfonamides is 1. The first kappa shape index (κ1) is 18.2. The summed E-state index contributed by atoms with van der Waals surface area (Å²) in [6.07, 6.45) is 4.69. The third kappa shape index (κ3) is 2.96. The minimum Gasteiger partial charge on any atom is -0.306 e. The molecular formula is C19H24N4O3S. The van der Waals surface area contributed by atoms with Crippen LogP contribution in [0.3, 0.4) is 0 Å². The molecule has 1 aromatic heterocycles. The molecular weight excluding hydrogens is 364 g/mol. The highest BCUT2D eigenvalue weighted by molar-refractivity contribution is 7.89. The molecule has 27 heavy (non-hydrogen) atoms. The molecule has 0 radical (unpaired) electrons. The molecule has 4 rings (SSSR count). The van der Waals surface area contributed by atoms with Crippen LogP contribution in [0.5, 0.6) is 0 Å². The molecule has 0 saturated heterocycles. The van der Waals surface area contributed by atoms with Crippen molar-refractivity contribution in [2.24, 2.45) is 0 Å². The van der Waals surface area contributed by atoms with E-state index in [4.69, 9.17) is 0 Å². The van der Waals surface area contributed by atoms with Crippen molar-refractivity contribution in [1.29, 1.82) is 0 Å². The van der Waals surface area contributed by atoms with Gasteiger partial charge in [0, 0.05) is 24.3 Å². The van der Waals surface area contributed by atoms with Crippen LogP contribution in [0.25, 0.3) is 0 Å². The van der Waals surface area contributed by atoms with E-state index in [9.17, 15) is 13.2 Å². The lowest BCUT2D eigenvalue weighted by molar-refractivity contribution is 0.0978. The Hall–Kier alpha value is -2.19. The van der Waals surface area contributed by atoms with E-state index >= 15 is 0 Å². The quantitative estimate of drug-likeness (QED) is 0.867. The number of benzene rings is 1. The maximum absolute atomic E-state index is 13.4. The number of aryl methyl sites for hydroxylation is 2. The normalized spacial score (nSPS) is 16.3. The van der Waals surface area contributed by atoms with E-state index in [1.165, 1.54) is 7.05 Å². The van der Waals surface area contributed by atoms with Crippen molar-refractivity contribution < 1.29 is 13.2 Å². The van der Waals surface area contributed by atoms with Crippen molar-refractivity contribution in [2.45, 2.75) is 50.5 Å². The largest absolute Gasteiger partial charge is 0.306 e. The first-order valence-electron chi connectivity index (χ1n) is 9.43. The average Bonchev–Trinajstić information content (AvgIpc) is 3.28. The van der Waals surface area contributed by atoms with Crippen molar-refractivity contribution in [1.82, 2.24) is 14.5 Å². The van der Waals surface area contributed by atoms with Crippen LogP contribution in [0, 0.1) is 0 Å². The van der Waals surface area contributed by atoms with Crippen molar-refractivity contribution in [3.8, 4) is 0 Å². The Kier molecular flexibility index (Phi) is 4.55. The van der Waals surface area contributed by atoms with Crippen LogP contribution < -0.4 is 9.62 Å². The van der Waals surface area contributed by atoms with Gasteiger partial charge in [0.2, 0.25) is 10.0 Å². The minimum atomic E-state index is -3.49. The van der Waals surface area contributed by atoms with E-state index in [0.29, 0.717) is 25.2 Å². The summed E-state index contributed by atoms with van der Waals surface area (Å²) in [5, 5.41) is 4.66. The third-order valence-electron chi connectivity index (χ3n) is 5.50. The van der Waals surface area contributed by atoms with Crippen LogP contribution >= 0.6 is 0 Å². The van der Waals surface area contributed by atoms with E-state index < -0.39 is 10.0 Å². The second kappa shape index (κ2) is 6.76. The molecule has 1 aliphatic carbocycles. The van der Waals surface area contributed by atoms with Gasteiger partial charge < -0.3 is 4.90 Å². The lowest BCUT2D eigenvalue weighted by Gasteiger charge is -2.20. The SMILES string of the molecule is CCn1nc2c(c1C(=O)N1CCc3cc(S(=O)(=O)NC)ccc31)CCCC2. The van der Waals surface area contributed by atoms with Crippen molar-refractivity contribution in [3.63, 3.8) is 0 Å². The number of amides is 1. The van der Waals surface area contributed by atoms with Crippen LogP contribution in [-0.2, 0) is 35.8 Å². The number of nitrogens with one attached hydrogen (secondary N) is 1. The predicted octanol–water partition coefficient (Wildman–Crippen LogP) is 1.89. The van der Waals surface area contributed by atoms with E-state index in [1.54, 1.807) is 23.1 Å². The van der Waals surface area contributed by atoms with Crippen LogP contribution in [0.4, 0.5) is 5.69 Å². The number of nitrogens with zero attached hydrogens (tertiary/aromatic N) is 3. The summed E-state index contributed by atoms with van der Waals surface area (Å²) in [4.78, 5) is 15.4. The molecule has 2 aliphatic rings. The highest BCUT2D eigenvalue weighted by Gasteiger charge is 2.32. The Morgan fingerprint density at radius 1 is 1.22 bits per heavy atom. The Balaban J connectivity index is 1.72. The molecule has 2 heterocycles. The maximum Gasteiger partial charge on any atom is 0.276 e. The number of carbonyl (C=O) groups is 1. The number of anilines is 1. The van der Waals surface area contributed by atoms with Crippen molar-refractivity contribution in [3.05, 3.63) is 40.7 Å². The second-order valence-electron chi connectivity index (χ2n) is 7.00. The number of hydrogen-bond acceptors (Lipinski definition) is 4. The van der Waals surface area contributed by atoms with Gasteiger partial charge in [-0.15, -0.1) is 0 Å². The zero-order valence-electron chi connectivity index (χ0n) is 15.7. The van der Waals surface area contributed by atoms with Gasteiger partial charge in [-0.3, -0.25) is 9.48 Å². The van der Waals surface area contributed by atoms with Crippen molar-refractivity contribution in [2.75, 3.05) is 18.5 Å². The highest BCUT2D eigenvalue weighted by Crippen LogP contribution is 2.33. The fourth-order valence-corrected chi connectivity index (χ4v) is 4.86. The van der Waals surface area contributed by atoms with Gasteiger partial charge in [-0.2, -0.15) is 5.10 Å². The molecule has 7 nitrogen and oxygen atoms in total. The molecule has 0 bridgehead atoms. The molecule has 0 unspecified atom stereocenters. The average molecular weight is 388 g/mol. The molecule has 2 aromatic rings. The van der Waals surface area contributed by atoms with Gasteiger partial charge in [-0.05, 0) is 69.8 Å². The zero-order chi connectivity index (χ0) is 19.2. The van der Waals surface area contributed by atoms with E-state index in [-0.39, 0.29) is 10.8 Å². The van der Waals surface area contributed by atoms with Gasteiger partial charge in [-0.1, -0.05) is 0 Å². The van der Waals surface area contributed by atoms with E-state index in [1.807, 2.05) is 11.6 Å². The molecule has 0 spiro atoms. The number of hydrogen-bond donors (Lipinski definition) is 1. The summed E-state index contributed by atoms with van der Waals surface area (Å²) < 4.78 is 28.3. The number of fused-ring (bicyclic) bond motifs is 2. The van der Waals surface area contributed by atoms with Gasteiger partial charge in [0.1, 0.15) is 5.69 Å². The lowest BCUT2D eigenvalue weighted by Crippen LogP contribution is -2.32. The molecule has 1 N–H and O–H groups in total. The first-order valence-corrected chi connectivity index (χ1v) is 10.9. The molecule has 1 aromatic carbocycles. The standard InChI is InChI=1S/C19H24N4O3S/c1-3-23-18(15-6-4-5-7-16(15)21-23)19(24)22-11-10-13-12-14(8-9-17(13)22)27(25,26)20-2/h8-9,12,20H,3-7,10-11H2,1-2H3. The molecule has 0 atom stereocenters. The van der Waals surface area contributed by atoms with Gasteiger partial charge >= 0.3 is 0 Å². The Morgan fingerprint density at radius 3 is 2.74 bits per heavy atom. The van der Waals surface area contributed by atoms with Crippen LogP contribution in [0.2, 0.25) is 0 Å². The number of carbonyl (C=O) groups excluding carboxylic acids is 1. The summed E-state index contributed by atoms with van der Waals surface area (Å²) in [6, 6.07) is 4.97. The molecule has 0 fully saturated rings. The number of aromatic nitrogens is 2. The van der Waals surface area contributed by atoms with E-state index in [0.717, 1.165) is 48.2 Å². The molecule has 1 amide bonds. The third-order valence-corrected chi connectivity index (χ3v) is 6.91. The lowest BCUT2D eigenvalue weighted by atomic mass is 9.95. The zero-order valence-corrected chi connectivity index (χ0v) is 16.5. The van der Waals surface area contributed by atoms with Crippen molar-refractivity contribution >= 4 is 21.6 Å². The van der Waals surface area contributed by atoms with Gasteiger partial charge in [0.25, 0.3) is 5.91 Å². The summed E-state index contributed by atoms with van der Waals surface area (Å²) in [5.74, 6) is -0.0320. The Bertz CT molecular complexity index is 1010. The highest BCUT2D eigenvalue weighted by atomic mass is 32.2. The minimum absolute atomic E-state index is 0.0320. The smallest absolute Gasteiger partial charge is 0.276 e. The van der Waals surface area contributed by atoms with Gasteiger partial charge in [0.05, 0.1) is 10.6 Å². The topological polar surface area (TPSA) is 84.3 Å². The summed E-state index contributed by atoms with van der Waals surface area (Å²) in [5.41, 5.74) is 4.53. The Labute approximate surface area is 159 Å². The van der Waals surface area contributed by atoms with Crippen LogP contribution in [-0.4, -0.2) is 37.7 Å². The maximum atomic E-state index is 13.4. The molecule has 144 valence electrons. The molecule has 1 aliphatic heterocycles. The second-order valence-corrected chi connectivity index (χ2v) is 8.89. The fraction of sp³-hybridized carbons (Fsp3) is 0.474. The predicted molar refractivity (Wildman–Crippen MR) is 103 cm³/mol. The first-order chi connectivity index (χ1) is 13.0. The summed E-state index contributed by atoms with van der Waals surface area (Å²) in [6.45, 7) is 3.22. The fourth-order valence-electron chi connectivity index (χ4n) is 4.08.